The van der Waals surface area contributed by atoms with Gasteiger partial charge in [0.25, 0.3) is 0 Å². The second kappa shape index (κ2) is 8.82. The van der Waals surface area contributed by atoms with Crippen LogP contribution in [0.5, 0.6) is 17.2 Å². The van der Waals surface area contributed by atoms with E-state index in [1.54, 1.807) is 38.4 Å². The summed E-state index contributed by atoms with van der Waals surface area (Å²) >= 11 is 0. The van der Waals surface area contributed by atoms with E-state index >= 15 is 0 Å². The molecule has 134 valence electrons. The molecule has 2 amide bonds. The molecule has 6 nitrogen and oxygen atoms in total. The summed E-state index contributed by atoms with van der Waals surface area (Å²) in [5.74, 6) is 1.57. The molecular formula is C19H24N2O4. The number of aromatic hydroxyl groups is 1. The van der Waals surface area contributed by atoms with Gasteiger partial charge < -0.3 is 19.9 Å². The van der Waals surface area contributed by atoms with Gasteiger partial charge in [0, 0.05) is 19.3 Å². The van der Waals surface area contributed by atoms with Gasteiger partial charge in [0.2, 0.25) is 0 Å². The molecule has 2 aromatic carbocycles. The van der Waals surface area contributed by atoms with Gasteiger partial charge >= 0.3 is 6.03 Å². The van der Waals surface area contributed by atoms with Gasteiger partial charge in [-0.15, -0.1) is 0 Å². The summed E-state index contributed by atoms with van der Waals surface area (Å²) in [5.41, 5.74) is 1.76. The Balaban J connectivity index is 1.89. The maximum Gasteiger partial charge on any atom is 0.321 e. The number of carbonyl (C=O) groups is 1. The molecule has 0 aliphatic carbocycles. The number of ether oxygens (including phenoxy) is 2. The molecule has 25 heavy (non-hydrogen) atoms. The second-order valence-electron chi connectivity index (χ2n) is 5.48. The summed E-state index contributed by atoms with van der Waals surface area (Å²) in [5, 5.41) is 12.2. The first kappa shape index (κ1) is 18.4. The van der Waals surface area contributed by atoms with Gasteiger partial charge in [0.15, 0.2) is 11.5 Å². The van der Waals surface area contributed by atoms with Crippen LogP contribution < -0.4 is 19.7 Å². The first-order valence-corrected chi connectivity index (χ1v) is 8.15. The molecule has 0 spiro atoms. The number of nitrogens with zero attached hydrogens (tertiary/aromatic N) is 1. The van der Waals surface area contributed by atoms with E-state index in [2.05, 4.69) is 5.32 Å². The summed E-state index contributed by atoms with van der Waals surface area (Å²) in [6.07, 6.45) is 0.678. The van der Waals surface area contributed by atoms with Crippen LogP contribution in [0.4, 0.5) is 10.5 Å². The van der Waals surface area contributed by atoms with Crippen molar-refractivity contribution >= 4 is 11.7 Å². The van der Waals surface area contributed by atoms with Crippen LogP contribution >= 0.6 is 0 Å². The number of benzene rings is 2. The van der Waals surface area contributed by atoms with E-state index < -0.39 is 0 Å². The van der Waals surface area contributed by atoms with Gasteiger partial charge in [-0.25, -0.2) is 4.79 Å². The topological polar surface area (TPSA) is 71.0 Å². The molecule has 0 saturated carbocycles. The lowest BCUT2D eigenvalue weighted by Crippen LogP contribution is -2.38. The maximum atomic E-state index is 12.2. The van der Waals surface area contributed by atoms with Crippen LogP contribution in [0, 0.1) is 0 Å². The minimum Gasteiger partial charge on any atom is -0.508 e. The highest BCUT2D eigenvalue weighted by Gasteiger charge is 2.10. The molecule has 6 heteroatoms. The molecule has 0 aliphatic heterocycles. The average Bonchev–Trinajstić information content (AvgIpc) is 2.63. The summed E-state index contributed by atoms with van der Waals surface area (Å²) in [4.78, 5) is 13.7. The van der Waals surface area contributed by atoms with Crippen molar-refractivity contribution in [3.05, 3.63) is 48.0 Å². The molecule has 0 saturated heterocycles. The highest BCUT2D eigenvalue weighted by atomic mass is 16.5. The zero-order chi connectivity index (χ0) is 18.2. The molecule has 2 aromatic rings. The Bertz CT molecular complexity index is 701. The molecule has 0 heterocycles. The normalized spacial score (nSPS) is 10.2. The first-order valence-electron chi connectivity index (χ1n) is 8.15. The molecule has 0 aliphatic rings. The van der Waals surface area contributed by atoms with Crippen molar-refractivity contribution in [3.8, 4) is 17.2 Å². The zero-order valence-electron chi connectivity index (χ0n) is 14.8. The van der Waals surface area contributed by atoms with E-state index in [4.69, 9.17) is 9.47 Å². The van der Waals surface area contributed by atoms with E-state index in [0.29, 0.717) is 36.8 Å². The molecule has 2 rings (SSSR count). The Morgan fingerprint density at radius 2 is 1.88 bits per heavy atom. The number of urea groups is 1. The number of carbonyl (C=O) groups excluding carboxylic acids is 1. The fraction of sp³-hybridized carbons (Fsp3) is 0.316. The number of hydrogen-bond donors (Lipinski definition) is 2. The maximum absolute atomic E-state index is 12.2. The van der Waals surface area contributed by atoms with E-state index in [1.807, 2.05) is 25.1 Å². The van der Waals surface area contributed by atoms with Crippen LogP contribution in [0.1, 0.15) is 12.5 Å². The lowest BCUT2D eigenvalue weighted by atomic mass is 10.1. The van der Waals surface area contributed by atoms with Crippen molar-refractivity contribution in [2.75, 3.05) is 32.2 Å². The van der Waals surface area contributed by atoms with Crippen LogP contribution in [-0.2, 0) is 6.42 Å². The van der Waals surface area contributed by atoms with Crippen molar-refractivity contribution in [1.82, 2.24) is 5.32 Å². The van der Waals surface area contributed by atoms with E-state index in [1.165, 1.54) is 4.90 Å². The standard InChI is InChI=1S/C19H24N2O4/c1-4-25-17-10-5-14(13-18(17)24-3)11-12-20-19(23)21(2)15-6-8-16(22)9-7-15/h5-10,13,22H,4,11-12H2,1-3H3,(H,20,23). The van der Waals surface area contributed by atoms with Gasteiger partial charge in [-0.2, -0.15) is 0 Å². The molecular weight excluding hydrogens is 320 g/mol. The lowest BCUT2D eigenvalue weighted by molar-refractivity contribution is 0.247. The van der Waals surface area contributed by atoms with Crippen LogP contribution in [0.2, 0.25) is 0 Å². The zero-order valence-corrected chi connectivity index (χ0v) is 14.8. The number of nitrogens with one attached hydrogen (secondary N) is 1. The monoisotopic (exact) mass is 344 g/mol. The predicted octanol–water partition coefficient (Wildman–Crippen LogP) is 3.19. The third-order valence-corrected chi connectivity index (χ3v) is 3.76. The third kappa shape index (κ3) is 5.04. The third-order valence-electron chi connectivity index (χ3n) is 3.76. The number of phenols is 1. The Morgan fingerprint density at radius 1 is 1.16 bits per heavy atom. The number of phenolic OH excluding ortho intramolecular Hbond substituents is 1. The molecule has 0 bridgehead atoms. The number of anilines is 1. The van der Waals surface area contributed by atoms with E-state index in [9.17, 15) is 9.90 Å². The van der Waals surface area contributed by atoms with Crippen LogP contribution in [0.15, 0.2) is 42.5 Å². The number of amides is 2. The predicted molar refractivity (Wildman–Crippen MR) is 97.8 cm³/mol. The summed E-state index contributed by atoms with van der Waals surface area (Å²) in [7, 11) is 3.29. The molecule has 0 unspecified atom stereocenters. The summed E-state index contributed by atoms with van der Waals surface area (Å²) in [6.45, 7) is 3.00. The number of rotatable bonds is 7. The summed E-state index contributed by atoms with van der Waals surface area (Å²) < 4.78 is 10.8. The first-order chi connectivity index (χ1) is 12.0. The van der Waals surface area contributed by atoms with Crippen LogP contribution in [-0.4, -0.2) is 38.4 Å². The molecule has 0 fully saturated rings. The SMILES string of the molecule is CCOc1ccc(CCNC(=O)N(C)c2ccc(O)cc2)cc1OC. The van der Waals surface area contributed by atoms with Crippen molar-refractivity contribution in [3.63, 3.8) is 0 Å². The van der Waals surface area contributed by atoms with E-state index in [-0.39, 0.29) is 11.8 Å². The fourth-order valence-corrected chi connectivity index (χ4v) is 2.37. The average molecular weight is 344 g/mol. The van der Waals surface area contributed by atoms with Crippen molar-refractivity contribution < 1.29 is 19.4 Å². The van der Waals surface area contributed by atoms with Gasteiger partial charge in [-0.05, 0) is 55.3 Å². The quantitative estimate of drug-likeness (QED) is 0.809. The Kier molecular flexibility index (Phi) is 6.51. The Labute approximate surface area is 148 Å². The Hall–Kier alpha value is -2.89. The van der Waals surface area contributed by atoms with Crippen molar-refractivity contribution in [1.29, 1.82) is 0 Å². The van der Waals surface area contributed by atoms with Gasteiger partial charge in [0.05, 0.1) is 13.7 Å². The molecule has 0 aromatic heterocycles. The molecule has 0 radical (unpaired) electrons. The van der Waals surface area contributed by atoms with Gasteiger partial charge in [0.1, 0.15) is 5.75 Å². The largest absolute Gasteiger partial charge is 0.508 e. The smallest absolute Gasteiger partial charge is 0.321 e. The van der Waals surface area contributed by atoms with E-state index in [0.717, 1.165) is 5.56 Å². The second-order valence-corrected chi connectivity index (χ2v) is 5.48. The highest BCUT2D eigenvalue weighted by Crippen LogP contribution is 2.28. The summed E-state index contributed by atoms with van der Waals surface area (Å²) in [6, 6.07) is 12.0. The van der Waals surface area contributed by atoms with Crippen molar-refractivity contribution in [2.24, 2.45) is 0 Å². The number of hydrogen-bond acceptors (Lipinski definition) is 4. The number of methoxy groups -OCH3 is 1. The van der Waals surface area contributed by atoms with Gasteiger partial charge in [-0.1, -0.05) is 6.07 Å². The Morgan fingerprint density at radius 3 is 2.52 bits per heavy atom. The lowest BCUT2D eigenvalue weighted by Gasteiger charge is -2.18. The molecule has 0 atom stereocenters. The van der Waals surface area contributed by atoms with Crippen molar-refractivity contribution in [2.45, 2.75) is 13.3 Å². The van der Waals surface area contributed by atoms with Crippen LogP contribution in [0.3, 0.4) is 0 Å². The minimum atomic E-state index is -0.205. The molecule has 2 N–H and O–H groups in total. The fourth-order valence-electron chi connectivity index (χ4n) is 2.37. The van der Waals surface area contributed by atoms with Gasteiger partial charge in [-0.3, -0.25) is 4.90 Å². The minimum absolute atomic E-state index is 0.169. The van der Waals surface area contributed by atoms with Crippen LogP contribution in [0.25, 0.3) is 0 Å². The highest BCUT2D eigenvalue weighted by molar-refractivity contribution is 5.91.